The van der Waals surface area contributed by atoms with E-state index in [0.29, 0.717) is 13.0 Å². The van der Waals surface area contributed by atoms with E-state index in [1.165, 1.54) is 36.5 Å². The van der Waals surface area contributed by atoms with Crippen LogP contribution in [0.5, 0.6) is 11.6 Å². The van der Waals surface area contributed by atoms with E-state index in [2.05, 4.69) is 15.0 Å². The Morgan fingerprint density at radius 1 is 1.37 bits per heavy atom. The van der Waals surface area contributed by atoms with Gasteiger partial charge in [-0.05, 0) is 36.6 Å². The van der Waals surface area contributed by atoms with E-state index in [4.69, 9.17) is 19.9 Å². The first-order chi connectivity index (χ1) is 14.4. The minimum atomic E-state index is -1.06. The molecular formula is C19H21F2N5O3S. The third kappa shape index (κ3) is 3.80. The summed E-state index contributed by atoms with van der Waals surface area (Å²) in [7, 11) is 3.41. The van der Waals surface area contributed by atoms with Crippen molar-refractivity contribution in [1.29, 1.82) is 0 Å². The van der Waals surface area contributed by atoms with Gasteiger partial charge in [-0.15, -0.1) is 0 Å². The third-order valence-corrected chi connectivity index (χ3v) is 6.42. The lowest BCUT2D eigenvalue weighted by Gasteiger charge is -2.47. The molecule has 2 N–H and O–H groups in total. The van der Waals surface area contributed by atoms with Crippen molar-refractivity contribution < 1.29 is 23.0 Å². The van der Waals surface area contributed by atoms with E-state index >= 15 is 4.39 Å². The van der Waals surface area contributed by atoms with E-state index < -0.39 is 17.2 Å². The van der Waals surface area contributed by atoms with Crippen LogP contribution in [-0.2, 0) is 15.0 Å². The highest BCUT2D eigenvalue weighted by Gasteiger charge is 2.51. The molecule has 0 unspecified atom stereocenters. The molecule has 0 amide bonds. The molecule has 3 atom stereocenters. The zero-order chi connectivity index (χ0) is 21.3. The molecule has 0 saturated carbocycles. The van der Waals surface area contributed by atoms with Crippen molar-refractivity contribution in [2.24, 2.45) is 10.7 Å². The van der Waals surface area contributed by atoms with E-state index in [1.807, 2.05) is 7.05 Å². The number of guanidine groups is 1. The number of hydrogen-bond donors (Lipinski definition) is 1. The van der Waals surface area contributed by atoms with Gasteiger partial charge in [-0.1, -0.05) is 0 Å². The monoisotopic (exact) mass is 437 g/mol. The van der Waals surface area contributed by atoms with Crippen molar-refractivity contribution >= 4 is 17.9 Å². The number of hydrogen-bond acceptors (Lipinski definition) is 9. The van der Waals surface area contributed by atoms with Gasteiger partial charge < -0.3 is 19.9 Å². The lowest BCUT2D eigenvalue weighted by molar-refractivity contribution is -0.0596. The summed E-state index contributed by atoms with van der Waals surface area (Å²) in [6.45, 7) is 0.546. The van der Waals surface area contributed by atoms with Crippen LogP contribution in [0.3, 0.4) is 0 Å². The molecule has 1 aromatic heterocycles. The van der Waals surface area contributed by atoms with Gasteiger partial charge in [0.1, 0.15) is 23.4 Å². The van der Waals surface area contributed by atoms with Gasteiger partial charge in [-0.25, -0.2) is 14.4 Å². The number of aromatic nitrogens is 2. The first-order valence-electron chi connectivity index (χ1n) is 9.22. The molecule has 1 saturated heterocycles. The van der Waals surface area contributed by atoms with Gasteiger partial charge in [0.15, 0.2) is 0 Å². The van der Waals surface area contributed by atoms with E-state index in [9.17, 15) is 4.39 Å². The van der Waals surface area contributed by atoms with Gasteiger partial charge in [0.05, 0.1) is 30.8 Å². The van der Waals surface area contributed by atoms with Crippen LogP contribution >= 0.6 is 11.9 Å². The number of methoxy groups -OCH3 is 1. The van der Waals surface area contributed by atoms with Crippen molar-refractivity contribution in [2.75, 3.05) is 27.4 Å². The topological polar surface area (TPSA) is 95.1 Å². The van der Waals surface area contributed by atoms with Crippen LogP contribution in [0, 0.1) is 11.6 Å². The predicted octanol–water partition coefficient (Wildman–Crippen LogP) is 2.45. The number of benzene rings is 1. The molecule has 1 fully saturated rings. The van der Waals surface area contributed by atoms with Crippen molar-refractivity contribution in [3.8, 4) is 11.6 Å². The molecule has 4 rings (SSSR count). The summed E-state index contributed by atoms with van der Waals surface area (Å²) in [6, 6.07) is 4.15. The molecule has 1 aromatic carbocycles. The number of rotatable bonds is 5. The van der Waals surface area contributed by atoms with Gasteiger partial charge in [-0.3, -0.25) is 4.31 Å². The van der Waals surface area contributed by atoms with E-state index in [1.54, 1.807) is 11.4 Å². The van der Waals surface area contributed by atoms with Crippen LogP contribution < -0.4 is 10.5 Å². The Hall–Kier alpha value is -2.50. The number of nitrogens with two attached hydrogens (primary N) is 1. The van der Waals surface area contributed by atoms with E-state index in [0.717, 1.165) is 6.20 Å². The average Bonchev–Trinajstić information content (AvgIpc) is 2.72. The molecule has 3 heterocycles. The SMILES string of the molecule is COC[C@H]1C[C@H]2SN(C)C(N)=N[C@@]2(c2cc(Oc3ncncc3F)ccc2F)CO1. The van der Waals surface area contributed by atoms with Crippen molar-refractivity contribution in [3.63, 3.8) is 0 Å². The Morgan fingerprint density at radius 2 is 2.20 bits per heavy atom. The second kappa shape index (κ2) is 8.32. The van der Waals surface area contributed by atoms with Crippen molar-refractivity contribution in [3.05, 3.63) is 47.9 Å². The molecule has 2 aliphatic heterocycles. The second-order valence-electron chi connectivity index (χ2n) is 7.03. The quantitative estimate of drug-likeness (QED) is 0.713. The Labute approximate surface area is 176 Å². The molecule has 160 valence electrons. The lowest BCUT2D eigenvalue weighted by Crippen LogP contribution is -2.55. The number of aliphatic imine (C=N–C) groups is 1. The van der Waals surface area contributed by atoms with Crippen LogP contribution in [0.15, 0.2) is 35.7 Å². The fraction of sp³-hybridized carbons (Fsp3) is 0.421. The summed E-state index contributed by atoms with van der Waals surface area (Å²) in [5, 5.41) is -0.149. The normalized spacial score (nSPS) is 26.1. The van der Waals surface area contributed by atoms with Gasteiger partial charge in [-0.2, -0.15) is 9.37 Å². The highest BCUT2D eigenvalue weighted by molar-refractivity contribution is 7.98. The number of nitrogens with zero attached hydrogens (tertiary/aromatic N) is 4. The molecule has 2 aromatic rings. The van der Waals surface area contributed by atoms with Crippen molar-refractivity contribution in [2.45, 2.75) is 23.3 Å². The van der Waals surface area contributed by atoms with Gasteiger partial charge in [0.25, 0.3) is 5.88 Å². The summed E-state index contributed by atoms with van der Waals surface area (Å²) in [5.74, 6) is -0.977. The van der Waals surface area contributed by atoms with Crippen molar-refractivity contribution in [1.82, 2.24) is 14.3 Å². The molecular weight excluding hydrogens is 416 g/mol. The highest BCUT2D eigenvalue weighted by Crippen LogP contribution is 2.48. The minimum absolute atomic E-state index is 0.121. The Kier molecular flexibility index (Phi) is 5.76. The first kappa shape index (κ1) is 20.8. The maximum absolute atomic E-state index is 15.0. The van der Waals surface area contributed by atoms with Crippen LogP contribution in [-0.4, -0.2) is 59.0 Å². The Bertz CT molecular complexity index is 966. The number of fused-ring (bicyclic) bond motifs is 1. The largest absolute Gasteiger partial charge is 0.436 e. The smallest absolute Gasteiger partial charge is 0.259 e. The van der Waals surface area contributed by atoms with Crippen LogP contribution in [0.25, 0.3) is 0 Å². The zero-order valence-corrected chi connectivity index (χ0v) is 17.2. The van der Waals surface area contributed by atoms with E-state index in [-0.39, 0.29) is 41.1 Å². The Morgan fingerprint density at radius 3 is 2.97 bits per heavy atom. The molecule has 11 heteroatoms. The standard InChI is InChI=1S/C19H21F2N5O3S/c1-26-18(22)25-19(9-28-12(8-27-2)6-16(19)30-26)13-5-11(3-4-14(13)20)29-17-15(21)7-23-10-24-17/h3-5,7,10,12,16H,6,8-9H2,1-2H3,(H2,22,25)/t12-,16-,19-/m1/s1. The predicted molar refractivity (Wildman–Crippen MR) is 107 cm³/mol. The van der Waals surface area contributed by atoms with Crippen LogP contribution in [0.4, 0.5) is 8.78 Å². The van der Waals surface area contributed by atoms with Gasteiger partial charge in [0, 0.05) is 19.7 Å². The fourth-order valence-corrected chi connectivity index (χ4v) is 4.85. The summed E-state index contributed by atoms with van der Waals surface area (Å²) in [4.78, 5) is 12.0. The first-order valence-corrected chi connectivity index (χ1v) is 10.1. The van der Waals surface area contributed by atoms with Crippen LogP contribution in [0.2, 0.25) is 0 Å². The summed E-state index contributed by atoms with van der Waals surface area (Å²) >= 11 is 1.48. The molecule has 30 heavy (non-hydrogen) atoms. The molecule has 0 bridgehead atoms. The maximum Gasteiger partial charge on any atom is 0.259 e. The molecule has 0 radical (unpaired) electrons. The lowest BCUT2D eigenvalue weighted by atomic mass is 9.82. The molecule has 2 aliphatic rings. The third-order valence-electron chi connectivity index (χ3n) is 5.08. The minimum Gasteiger partial charge on any atom is -0.436 e. The Balaban J connectivity index is 1.74. The van der Waals surface area contributed by atoms with Gasteiger partial charge in [0.2, 0.25) is 11.8 Å². The maximum atomic E-state index is 15.0. The zero-order valence-electron chi connectivity index (χ0n) is 16.4. The van der Waals surface area contributed by atoms with Gasteiger partial charge >= 0.3 is 0 Å². The number of ether oxygens (including phenoxy) is 3. The second-order valence-corrected chi connectivity index (χ2v) is 8.36. The summed E-state index contributed by atoms with van der Waals surface area (Å²) < 4.78 is 47.4. The molecule has 0 spiro atoms. The fourth-order valence-electron chi connectivity index (χ4n) is 3.60. The molecule has 8 nitrogen and oxygen atoms in total. The highest BCUT2D eigenvalue weighted by atomic mass is 32.2. The number of halogens is 2. The summed E-state index contributed by atoms with van der Waals surface area (Å²) in [6.07, 6.45) is 2.61. The average molecular weight is 437 g/mol. The molecule has 0 aliphatic carbocycles. The summed E-state index contributed by atoms with van der Waals surface area (Å²) in [5.41, 5.74) is 5.29. The van der Waals surface area contributed by atoms with Crippen LogP contribution in [0.1, 0.15) is 12.0 Å².